The number of sulfone groups is 1. The zero-order valence-electron chi connectivity index (χ0n) is 11.1. The Labute approximate surface area is 114 Å². The Morgan fingerprint density at radius 3 is 2.42 bits per heavy atom. The molecule has 1 atom stereocenters. The minimum absolute atomic E-state index is 0.0669. The first kappa shape index (κ1) is 15.7. The molecule has 1 N–H and O–H groups in total. The van der Waals surface area contributed by atoms with Crippen LogP contribution in [0.3, 0.4) is 0 Å². The van der Waals surface area contributed by atoms with Crippen molar-refractivity contribution in [1.29, 1.82) is 0 Å². The Bertz CT molecular complexity index is 493. The quantitative estimate of drug-likeness (QED) is 0.742. The van der Waals surface area contributed by atoms with E-state index in [9.17, 15) is 13.2 Å². The number of benzene rings is 1. The van der Waals surface area contributed by atoms with E-state index in [1.54, 1.807) is 0 Å². The average molecular weight is 284 g/mol. The van der Waals surface area contributed by atoms with Gasteiger partial charge in [0.1, 0.15) is 0 Å². The van der Waals surface area contributed by atoms with Gasteiger partial charge in [0, 0.05) is 0 Å². The van der Waals surface area contributed by atoms with Gasteiger partial charge in [0.05, 0.1) is 17.4 Å². The van der Waals surface area contributed by atoms with E-state index in [0.29, 0.717) is 6.42 Å². The maximum absolute atomic E-state index is 11.7. The number of aliphatic carboxylic acids is 1. The molecule has 0 aliphatic carbocycles. The van der Waals surface area contributed by atoms with Gasteiger partial charge in [-0.2, -0.15) is 0 Å². The van der Waals surface area contributed by atoms with Gasteiger partial charge in [-0.15, -0.1) is 0 Å². The van der Waals surface area contributed by atoms with Crippen LogP contribution in [0.1, 0.15) is 25.3 Å². The lowest BCUT2D eigenvalue weighted by molar-refractivity contribution is -0.140. The van der Waals surface area contributed by atoms with Crippen LogP contribution in [0.25, 0.3) is 0 Å². The Kier molecular flexibility index (Phi) is 6.02. The summed E-state index contributed by atoms with van der Waals surface area (Å²) >= 11 is 0. The van der Waals surface area contributed by atoms with E-state index in [2.05, 4.69) is 0 Å². The number of hydrogen-bond acceptors (Lipinski definition) is 3. The largest absolute Gasteiger partial charge is 0.481 e. The molecule has 0 aliphatic rings. The lowest BCUT2D eigenvalue weighted by Crippen LogP contribution is -2.23. The summed E-state index contributed by atoms with van der Waals surface area (Å²) in [5.41, 5.74) is 1.19. The van der Waals surface area contributed by atoms with E-state index in [0.717, 1.165) is 12.8 Å². The van der Waals surface area contributed by atoms with Crippen molar-refractivity contribution in [2.75, 3.05) is 11.5 Å². The number of rotatable bonds is 8. The number of carbonyl (C=O) groups is 1. The third-order valence-corrected chi connectivity index (χ3v) is 4.86. The van der Waals surface area contributed by atoms with Crippen LogP contribution < -0.4 is 0 Å². The van der Waals surface area contributed by atoms with E-state index < -0.39 is 21.7 Å². The highest BCUT2D eigenvalue weighted by Crippen LogP contribution is 2.08. The van der Waals surface area contributed by atoms with Gasteiger partial charge < -0.3 is 5.11 Å². The molecule has 1 rings (SSSR count). The topological polar surface area (TPSA) is 71.4 Å². The third kappa shape index (κ3) is 6.38. The second-order valence-electron chi connectivity index (χ2n) is 4.80. The zero-order valence-corrected chi connectivity index (χ0v) is 11.9. The van der Waals surface area contributed by atoms with Gasteiger partial charge in [0.2, 0.25) is 0 Å². The van der Waals surface area contributed by atoms with E-state index >= 15 is 0 Å². The smallest absolute Gasteiger partial charge is 0.307 e. The van der Waals surface area contributed by atoms with Gasteiger partial charge in [-0.1, -0.05) is 37.3 Å². The summed E-state index contributed by atoms with van der Waals surface area (Å²) < 4.78 is 23.4. The van der Waals surface area contributed by atoms with Crippen molar-refractivity contribution in [3.05, 3.63) is 35.9 Å². The van der Waals surface area contributed by atoms with Gasteiger partial charge >= 0.3 is 5.97 Å². The summed E-state index contributed by atoms with van der Waals surface area (Å²) in [6.07, 6.45) is 2.22. The standard InChI is InChI=1S/C14H20O4S/c1-12(14(15)16)11-19(17,18)10-6-5-9-13-7-3-2-4-8-13/h2-4,7-8,12H,5-6,9-11H2,1H3,(H,15,16). The molecule has 4 nitrogen and oxygen atoms in total. The molecule has 0 bridgehead atoms. The predicted molar refractivity (Wildman–Crippen MR) is 74.8 cm³/mol. The fourth-order valence-corrected chi connectivity index (χ4v) is 3.55. The molecular formula is C14H20O4S. The first-order chi connectivity index (χ1) is 8.91. The summed E-state index contributed by atoms with van der Waals surface area (Å²) in [7, 11) is -3.26. The maximum atomic E-state index is 11.7. The number of aryl methyl sites for hydroxylation is 1. The van der Waals surface area contributed by atoms with Crippen LogP contribution >= 0.6 is 0 Å². The molecule has 1 aromatic rings. The van der Waals surface area contributed by atoms with Crippen LogP contribution in [0.5, 0.6) is 0 Å². The van der Waals surface area contributed by atoms with Crippen LogP contribution in [0.2, 0.25) is 0 Å². The first-order valence-electron chi connectivity index (χ1n) is 6.38. The van der Waals surface area contributed by atoms with E-state index in [1.807, 2.05) is 30.3 Å². The first-order valence-corrected chi connectivity index (χ1v) is 8.20. The van der Waals surface area contributed by atoms with Crippen LogP contribution in [0.4, 0.5) is 0 Å². The Morgan fingerprint density at radius 2 is 1.84 bits per heavy atom. The molecule has 0 saturated carbocycles. The molecular weight excluding hydrogens is 264 g/mol. The van der Waals surface area contributed by atoms with Crippen molar-refractivity contribution in [3.8, 4) is 0 Å². The molecule has 0 radical (unpaired) electrons. The predicted octanol–water partition coefficient (Wildman–Crippen LogP) is 2.14. The van der Waals surface area contributed by atoms with Crippen LogP contribution in [0, 0.1) is 5.92 Å². The van der Waals surface area contributed by atoms with Crippen molar-refractivity contribution >= 4 is 15.8 Å². The molecule has 0 amide bonds. The highest BCUT2D eigenvalue weighted by Gasteiger charge is 2.20. The lowest BCUT2D eigenvalue weighted by atomic mass is 10.1. The summed E-state index contributed by atoms with van der Waals surface area (Å²) in [5, 5.41) is 8.70. The fourth-order valence-electron chi connectivity index (χ4n) is 1.83. The molecule has 1 unspecified atom stereocenters. The highest BCUT2D eigenvalue weighted by atomic mass is 32.2. The Balaban J connectivity index is 2.30. The van der Waals surface area contributed by atoms with Crippen molar-refractivity contribution in [3.63, 3.8) is 0 Å². The average Bonchev–Trinajstić information content (AvgIpc) is 2.35. The second-order valence-corrected chi connectivity index (χ2v) is 7.03. The number of carboxylic acid groups (broad SMARTS) is 1. The minimum atomic E-state index is -3.26. The molecule has 0 fully saturated rings. The number of unbranched alkanes of at least 4 members (excludes halogenated alkanes) is 1. The molecule has 0 heterocycles. The van der Waals surface area contributed by atoms with Crippen molar-refractivity contribution < 1.29 is 18.3 Å². The summed E-state index contributed by atoms with van der Waals surface area (Å²) in [6, 6.07) is 9.89. The van der Waals surface area contributed by atoms with E-state index in [4.69, 9.17) is 5.11 Å². The summed E-state index contributed by atoms with van der Waals surface area (Å²) in [4.78, 5) is 10.6. The van der Waals surface area contributed by atoms with E-state index in [1.165, 1.54) is 12.5 Å². The molecule has 0 aromatic heterocycles. The van der Waals surface area contributed by atoms with Gasteiger partial charge in [-0.3, -0.25) is 4.79 Å². The fraction of sp³-hybridized carbons (Fsp3) is 0.500. The minimum Gasteiger partial charge on any atom is -0.481 e. The molecule has 0 aliphatic heterocycles. The SMILES string of the molecule is CC(CS(=O)(=O)CCCCc1ccccc1)C(=O)O. The third-order valence-electron chi connectivity index (χ3n) is 2.94. The molecule has 1 aromatic carbocycles. The normalized spacial score (nSPS) is 13.1. The zero-order chi connectivity index (χ0) is 14.3. The van der Waals surface area contributed by atoms with Gasteiger partial charge in [0.15, 0.2) is 9.84 Å². The molecule has 19 heavy (non-hydrogen) atoms. The Morgan fingerprint density at radius 1 is 1.21 bits per heavy atom. The highest BCUT2D eigenvalue weighted by molar-refractivity contribution is 7.91. The van der Waals surface area contributed by atoms with Crippen LogP contribution in [0.15, 0.2) is 30.3 Å². The number of hydrogen-bond donors (Lipinski definition) is 1. The summed E-state index contributed by atoms with van der Waals surface area (Å²) in [5.74, 6) is -2.10. The van der Waals surface area contributed by atoms with Gasteiger partial charge in [-0.25, -0.2) is 8.42 Å². The lowest BCUT2D eigenvalue weighted by Gasteiger charge is -2.07. The Hall–Kier alpha value is -1.36. The second kappa shape index (κ2) is 7.28. The molecule has 106 valence electrons. The van der Waals surface area contributed by atoms with Crippen LogP contribution in [-0.2, 0) is 21.1 Å². The summed E-state index contributed by atoms with van der Waals surface area (Å²) in [6.45, 7) is 1.42. The molecule has 0 saturated heterocycles. The maximum Gasteiger partial charge on any atom is 0.307 e. The van der Waals surface area contributed by atoms with E-state index in [-0.39, 0.29) is 11.5 Å². The van der Waals surface area contributed by atoms with Crippen LogP contribution in [-0.4, -0.2) is 31.0 Å². The molecule has 0 spiro atoms. The molecule has 5 heteroatoms. The monoisotopic (exact) mass is 284 g/mol. The number of carboxylic acids is 1. The van der Waals surface area contributed by atoms with Crippen molar-refractivity contribution in [1.82, 2.24) is 0 Å². The van der Waals surface area contributed by atoms with Crippen molar-refractivity contribution in [2.24, 2.45) is 5.92 Å². The van der Waals surface area contributed by atoms with Crippen molar-refractivity contribution in [2.45, 2.75) is 26.2 Å². The van der Waals surface area contributed by atoms with Gasteiger partial charge in [0.25, 0.3) is 0 Å². The van der Waals surface area contributed by atoms with Gasteiger partial charge in [-0.05, 0) is 24.8 Å².